The minimum absolute atomic E-state index is 0.113. The number of nitrogens with two attached hydrogens (primary N) is 1. The Morgan fingerprint density at radius 3 is 2.93 bits per heavy atom. The van der Waals surface area contributed by atoms with Gasteiger partial charge >= 0.3 is 0 Å². The van der Waals surface area contributed by atoms with Crippen LogP contribution in [0, 0.1) is 12.3 Å². The van der Waals surface area contributed by atoms with Crippen LogP contribution in [0.15, 0.2) is 30.6 Å². The van der Waals surface area contributed by atoms with Gasteiger partial charge in [-0.25, -0.2) is 4.98 Å². The first-order valence-electron chi connectivity index (χ1n) is 9.56. The van der Waals surface area contributed by atoms with Crippen LogP contribution in [-0.4, -0.2) is 45.4 Å². The van der Waals surface area contributed by atoms with Gasteiger partial charge in [-0.2, -0.15) is 4.98 Å². The maximum atomic E-state index is 12.5. The van der Waals surface area contributed by atoms with E-state index in [0.29, 0.717) is 18.9 Å². The van der Waals surface area contributed by atoms with E-state index in [2.05, 4.69) is 19.9 Å². The summed E-state index contributed by atoms with van der Waals surface area (Å²) in [5, 5.41) is 0. The summed E-state index contributed by atoms with van der Waals surface area (Å²) in [4.78, 5) is 29.6. The van der Waals surface area contributed by atoms with Crippen LogP contribution in [0.1, 0.15) is 36.9 Å². The van der Waals surface area contributed by atoms with Gasteiger partial charge in [0.1, 0.15) is 5.82 Å². The maximum Gasteiger partial charge on any atom is 0.222 e. The molecule has 0 unspecified atom stereocenters. The number of amides is 1. The Kier molecular flexibility index (Phi) is 4.68. The quantitative estimate of drug-likeness (QED) is 0.896. The number of hydrogen-bond acceptors (Lipinski definition) is 6. The van der Waals surface area contributed by atoms with Gasteiger partial charge in [0, 0.05) is 62.2 Å². The molecule has 1 atom stereocenters. The Balaban J connectivity index is 1.52. The van der Waals surface area contributed by atoms with Gasteiger partial charge in [-0.1, -0.05) is 6.07 Å². The molecule has 1 spiro atoms. The largest absolute Gasteiger partial charge is 0.368 e. The first-order chi connectivity index (χ1) is 13.0. The van der Waals surface area contributed by atoms with Gasteiger partial charge in [-0.05, 0) is 37.8 Å². The molecule has 2 aliphatic heterocycles. The first kappa shape index (κ1) is 17.7. The third kappa shape index (κ3) is 3.86. The van der Waals surface area contributed by atoms with E-state index in [1.807, 2.05) is 36.2 Å². The molecule has 2 fully saturated rings. The van der Waals surface area contributed by atoms with Crippen molar-refractivity contribution in [3.05, 3.63) is 41.9 Å². The predicted molar refractivity (Wildman–Crippen MR) is 104 cm³/mol. The van der Waals surface area contributed by atoms with Gasteiger partial charge in [0.2, 0.25) is 11.9 Å². The van der Waals surface area contributed by atoms with E-state index >= 15 is 0 Å². The lowest BCUT2D eigenvalue weighted by atomic mass is 9.73. The van der Waals surface area contributed by atoms with E-state index in [9.17, 15) is 4.79 Å². The number of pyridine rings is 1. The molecule has 7 heteroatoms. The molecule has 0 saturated carbocycles. The number of carbonyl (C=O) groups excluding carboxylic acids is 1. The Morgan fingerprint density at radius 2 is 2.15 bits per heavy atom. The molecule has 27 heavy (non-hydrogen) atoms. The van der Waals surface area contributed by atoms with Crippen LogP contribution in [0.4, 0.5) is 11.8 Å². The maximum absolute atomic E-state index is 12.5. The van der Waals surface area contributed by atoms with Crippen LogP contribution < -0.4 is 10.6 Å². The molecule has 2 saturated heterocycles. The second kappa shape index (κ2) is 7.13. The van der Waals surface area contributed by atoms with Crippen LogP contribution in [0.25, 0.3) is 0 Å². The normalized spacial score (nSPS) is 23.1. The van der Waals surface area contributed by atoms with Crippen LogP contribution >= 0.6 is 0 Å². The zero-order chi connectivity index (χ0) is 18.9. The molecule has 0 bridgehead atoms. The average molecular weight is 366 g/mol. The van der Waals surface area contributed by atoms with Gasteiger partial charge < -0.3 is 15.5 Å². The topological polar surface area (TPSA) is 88.2 Å². The standard InChI is InChI=1S/C20H26N6O/c1-15-10-17(24-19(21)23-15)25-9-3-6-20(13-25)7-5-18(27)26(14-20)12-16-4-2-8-22-11-16/h2,4,8,10-11H,3,5-7,9,12-14H2,1H3,(H2,21,23,24)/t20-/m0/s1. The lowest BCUT2D eigenvalue weighted by Crippen LogP contribution is -2.54. The molecule has 0 aliphatic carbocycles. The molecular weight excluding hydrogens is 340 g/mol. The molecule has 2 aliphatic rings. The minimum atomic E-state index is 0.113. The van der Waals surface area contributed by atoms with E-state index in [4.69, 9.17) is 5.73 Å². The summed E-state index contributed by atoms with van der Waals surface area (Å²) >= 11 is 0. The van der Waals surface area contributed by atoms with Crippen molar-refractivity contribution in [2.45, 2.75) is 39.2 Å². The molecule has 0 radical (unpaired) electrons. The van der Waals surface area contributed by atoms with Gasteiger partial charge in [0.15, 0.2) is 0 Å². The summed E-state index contributed by atoms with van der Waals surface area (Å²) in [6.45, 7) is 5.23. The lowest BCUT2D eigenvalue weighted by molar-refractivity contribution is -0.138. The second-order valence-corrected chi connectivity index (χ2v) is 7.86. The molecule has 4 heterocycles. The second-order valence-electron chi connectivity index (χ2n) is 7.86. The Hall–Kier alpha value is -2.70. The molecule has 0 aromatic carbocycles. The van der Waals surface area contributed by atoms with E-state index in [1.165, 1.54) is 0 Å². The van der Waals surface area contributed by atoms with Crippen LogP contribution in [-0.2, 0) is 11.3 Å². The molecular formula is C20H26N6O. The zero-order valence-corrected chi connectivity index (χ0v) is 15.8. The Bertz CT molecular complexity index is 806. The number of aryl methyl sites for hydroxylation is 1. The van der Waals surface area contributed by atoms with Crippen molar-refractivity contribution < 1.29 is 4.79 Å². The van der Waals surface area contributed by atoms with E-state index < -0.39 is 0 Å². The van der Waals surface area contributed by atoms with Crippen molar-refractivity contribution >= 4 is 17.7 Å². The molecule has 4 rings (SSSR count). The van der Waals surface area contributed by atoms with Crippen molar-refractivity contribution in [2.24, 2.45) is 5.41 Å². The Morgan fingerprint density at radius 1 is 1.26 bits per heavy atom. The van der Waals surface area contributed by atoms with Crippen molar-refractivity contribution in [3.63, 3.8) is 0 Å². The smallest absolute Gasteiger partial charge is 0.222 e. The number of anilines is 2. The molecule has 2 N–H and O–H groups in total. The van der Waals surface area contributed by atoms with Gasteiger partial charge in [-0.15, -0.1) is 0 Å². The summed E-state index contributed by atoms with van der Waals surface area (Å²) in [7, 11) is 0. The molecule has 7 nitrogen and oxygen atoms in total. The highest BCUT2D eigenvalue weighted by molar-refractivity contribution is 5.77. The highest BCUT2D eigenvalue weighted by atomic mass is 16.2. The number of likely N-dealkylation sites (tertiary alicyclic amines) is 1. The van der Waals surface area contributed by atoms with Crippen LogP contribution in [0.3, 0.4) is 0 Å². The highest BCUT2D eigenvalue weighted by Crippen LogP contribution is 2.40. The highest BCUT2D eigenvalue weighted by Gasteiger charge is 2.42. The number of piperidine rings is 2. The van der Waals surface area contributed by atoms with Gasteiger partial charge in [0.05, 0.1) is 0 Å². The third-order valence-electron chi connectivity index (χ3n) is 5.69. The van der Waals surface area contributed by atoms with Crippen LogP contribution in [0.2, 0.25) is 0 Å². The van der Waals surface area contributed by atoms with E-state index in [1.54, 1.807) is 6.20 Å². The van der Waals surface area contributed by atoms with Crippen molar-refractivity contribution in [1.82, 2.24) is 19.9 Å². The minimum Gasteiger partial charge on any atom is -0.368 e. The molecule has 2 aromatic heterocycles. The first-order valence-corrected chi connectivity index (χ1v) is 9.56. The van der Waals surface area contributed by atoms with Crippen molar-refractivity contribution in [2.75, 3.05) is 30.3 Å². The summed E-state index contributed by atoms with van der Waals surface area (Å²) in [6.07, 6.45) is 7.38. The van der Waals surface area contributed by atoms with Crippen molar-refractivity contribution in [3.8, 4) is 0 Å². The fraction of sp³-hybridized carbons (Fsp3) is 0.500. The van der Waals surface area contributed by atoms with Gasteiger partial charge in [0.25, 0.3) is 0 Å². The fourth-order valence-electron chi connectivity index (χ4n) is 4.43. The Labute approximate surface area is 159 Å². The molecule has 2 aromatic rings. The van der Waals surface area contributed by atoms with Crippen LogP contribution in [0.5, 0.6) is 0 Å². The summed E-state index contributed by atoms with van der Waals surface area (Å²) in [5.74, 6) is 1.46. The van der Waals surface area contributed by atoms with E-state index in [0.717, 1.165) is 56.0 Å². The lowest BCUT2D eigenvalue weighted by Gasteiger charge is -2.48. The SMILES string of the molecule is Cc1cc(N2CCC[C@]3(CCC(=O)N(Cc4cccnc4)C3)C2)nc(N)n1. The number of carbonyl (C=O) groups is 1. The third-order valence-corrected chi connectivity index (χ3v) is 5.69. The number of nitrogen functional groups attached to an aromatic ring is 1. The number of aromatic nitrogens is 3. The molecule has 1 amide bonds. The summed E-state index contributed by atoms with van der Waals surface area (Å²) in [5.41, 5.74) is 7.93. The van der Waals surface area contributed by atoms with E-state index in [-0.39, 0.29) is 11.3 Å². The fourth-order valence-corrected chi connectivity index (χ4v) is 4.43. The molecule has 142 valence electrons. The monoisotopic (exact) mass is 366 g/mol. The van der Waals surface area contributed by atoms with Gasteiger partial charge in [-0.3, -0.25) is 9.78 Å². The summed E-state index contributed by atoms with van der Waals surface area (Å²) in [6, 6.07) is 5.95. The number of rotatable bonds is 3. The number of hydrogen-bond donors (Lipinski definition) is 1. The summed E-state index contributed by atoms with van der Waals surface area (Å²) < 4.78 is 0. The zero-order valence-electron chi connectivity index (χ0n) is 15.8. The van der Waals surface area contributed by atoms with Crippen molar-refractivity contribution in [1.29, 1.82) is 0 Å². The average Bonchev–Trinajstić information content (AvgIpc) is 2.65. The number of nitrogens with zero attached hydrogens (tertiary/aromatic N) is 5. The predicted octanol–water partition coefficient (Wildman–Crippen LogP) is 2.17.